The summed E-state index contributed by atoms with van der Waals surface area (Å²) in [6.07, 6.45) is 1.84. The number of aryl methyl sites for hydroxylation is 1. The largest absolute Gasteiger partial charge is 0.493 e. The minimum absolute atomic E-state index is 0.312. The van der Waals surface area contributed by atoms with E-state index in [-0.39, 0.29) is 0 Å². The fourth-order valence-corrected chi connectivity index (χ4v) is 3.48. The maximum atomic E-state index is 5.90. The van der Waals surface area contributed by atoms with Crippen molar-refractivity contribution in [1.29, 1.82) is 0 Å². The normalized spacial score (nSPS) is 10.6. The molecule has 0 radical (unpaired) electrons. The second-order valence-corrected chi connectivity index (χ2v) is 6.95. The monoisotopic (exact) mass is 381 g/mol. The minimum atomic E-state index is 0.312. The zero-order valence-electron chi connectivity index (χ0n) is 15.6. The van der Waals surface area contributed by atoms with Crippen LogP contribution in [0, 0.1) is 6.92 Å². The molecule has 3 rings (SSSR count). The quantitative estimate of drug-likeness (QED) is 0.399. The molecule has 1 heterocycles. The van der Waals surface area contributed by atoms with Gasteiger partial charge in [-0.2, -0.15) is 0 Å². The summed E-state index contributed by atoms with van der Waals surface area (Å²) in [4.78, 5) is 0. The van der Waals surface area contributed by atoms with Gasteiger partial charge in [0.05, 0.1) is 7.11 Å². The summed E-state index contributed by atoms with van der Waals surface area (Å²) < 4.78 is 13.3. The van der Waals surface area contributed by atoms with Gasteiger partial charge in [-0.15, -0.1) is 16.8 Å². The van der Waals surface area contributed by atoms with Gasteiger partial charge in [0.1, 0.15) is 6.61 Å². The van der Waals surface area contributed by atoms with Crippen molar-refractivity contribution >= 4 is 11.8 Å². The Labute approximate surface area is 164 Å². The minimum Gasteiger partial charge on any atom is -0.493 e. The number of allylic oxidation sites excluding steroid dienone is 1. The molecule has 27 heavy (non-hydrogen) atoms. The number of ether oxygens (including phenoxy) is 2. The number of aromatic nitrogens is 3. The van der Waals surface area contributed by atoms with Crippen molar-refractivity contribution in [2.45, 2.75) is 31.0 Å². The summed E-state index contributed by atoms with van der Waals surface area (Å²) in [7, 11) is 1.63. The van der Waals surface area contributed by atoms with Crippen LogP contribution in [0.5, 0.6) is 11.5 Å². The standard InChI is InChI=1S/C21H23N3O2S/c1-4-13-24-20(14-26-19-8-6-5-7-18(19)25-3)22-23-21(24)27-15-17-11-9-16(2)10-12-17/h4-12H,1,13-15H2,2-3H3. The molecule has 0 unspecified atom stereocenters. The van der Waals surface area contributed by atoms with E-state index in [1.807, 2.05) is 34.9 Å². The molecule has 0 fully saturated rings. The van der Waals surface area contributed by atoms with Gasteiger partial charge >= 0.3 is 0 Å². The molecule has 0 spiro atoms. The molecule has 0 bridgehead atoms. The van der Waals surface area contributed by atoms with Crippen LogP contribution in [0.4, 0.5) is 0 Å². The third-order valence-corrected chi connectivity index (χ3v) is 5.06. The van der Waals surface area contributed by atoms with Crippen molar-refractivity contribution in [1.82, 2.24) is 14.8 Å². The highest BCUT2D eigenvalue weighted by Gasteiger charge is 2.13. The average molecular weight is 382 g/mol. The lowest BCUT2D eigenvalue weighted by atomic mass is 10.2. The summed E-state index contributed by atoms with van der Waals surface area (Å²) in [6.45, 7) is 6.88. The molecule has 6 heteroatoms. The number of methoxy groups -OCH3 is 1. The summed E-state index contributed by atoms with van der Waals surface area (Å²) in [6, 6.07) is 16.1. The Balaban J connectivity index is 1.70. The van der Waals surface area contributed by atoms with Gasteiger partial charge in [0.2, 0.25) is 0 Å². The Bertz CT molecular complexity index is 891. The molecule has 0 saturated carbocycles. The third kappa shape index (κ3) is 4.92. The molecule has 5 nitrogen and oxygen atoms in total. The molecular formula is C21H23N3O2S. The molecule has 1 aromatic heterocycles. The number of rotatable bonds is 9. The Morgan fingerprint density at radius 3 is 2.52 bits per heavy atom. The van der Waals surface area contributed by atoms with Crippen LogP contribution in [0.1, 0.15) is 17.0 Å². The smallest absolute Gasteiger partial charge is 0.191 e. The van der Waals surface area contributed by atoms with E-state index in [1.165, 1.54) is 11.1 Å². The first-order valence-corrected chi connectivity index (χ1v) is 9.67. The highest BCUT2D eigenvalue weighted by molar-refractivity contribution is 7.98. The lowest BCUT2D eigenvalue weighted by molar-refractivity contribution is 0.271. The topological polar surface area (TPSA) is 49.2 Å². The van der Waals surface area contributed by atoms with Crippen LogP contribution in [0.3, 0.4) is 0 Å². The van der Waals surface area contributed by atoms with E-state index < -0.39 is 0 Å². The molecule has 0 atom stereocenters. The van der Waals surface area contributed by atoms with Gasteiger partial charge in [0, 0.05) is 12.3 Å². The van der Waals surface area contributed by atoms with Gasteiger partial charge in [-0.25, -0.2) is 0 Å². The first-order valence-electron chi connectivity index (χ1n) is 8.68. The van der Waals surface area contributed by atoms with Crippen molar-refractivity contribution in [2.75, 3.05) is 7.11 Å². The van der Waals surface area contributed by atoms with Crippen molar-refractivity contribution in [2.24, 2.45) is 0 Å². The maximum Gasteiger partial charge on any atom is 0.191 e. The Morgan fingerprint density at radius 2 is 1.81 bits per heavy atom. The predicted molar refractivity (Wildman–Crippen MR) is 108 cm³/mol. The van der Waals surface area contributed by atoms with Crippen LogP contribution in [-0.2, 0) is 18.9 Å². The van der Waals surface area contributed by atoms with Gasteiger partial charge in [0.15, 0.2) is 22.5 Å². The van der Waals surface area contributed by atoms with Crippen molar-refractivity contribution in [3.63, 3.8) is 0 Å². The second kappa shape index (κ2) is 9.28. The van der Waals surface area contributed by atoms with Gasteiger partial charge in [0.25, 0.3) is 0 Å². The first kappa shape index (κ1) is 19.0. The number of hydrogen-bond donors (Lipinski definition) is 0. The second-order valence-electron chi connectivity index (χ2n) is 6.01. The van der Waals surface area contributed by atoms with Crippen LogP contribution in [-0.4, -0.2) is 21.9 Å². The molecule has 3 aromatic rings. The zero-order chi connectivity index (χ0) is 19.1. The highest BCUT2D eigenvalue weighted by Crippen LogP contribution is 2.27. The molecule has 0 saturated heterocycles. The van der Waals surface area contributed by atoms with Crippen molar-refractivity contribution < 1.29 is 9.47 Å². The number of nitrogens with zero attached hydrogens (tertiary/aromatic N) is 3. The van der Waals surface area contributed by atoms with Crippen LogP contribution >= 0.6 is 11.8 Å². The zero-order valence-corrected chi connectivity index (χ0v) is 16.4. The molecule has 0 N–H and O–H groups in total. The van der Waals surface area contributed by atoms with Gasteiger partial charge < -0.3 is 9.47 Å². The van der Waals surface area contributed by atoms with E-state index in [4.69, 9.17) is 9.47 Å². The first-order chi connectivity index (χ1) is 13.2. The van der Waals surface area contributed by atoms with Gasteiger partial charge in [-0.1, -0.05) is 59.8 Å². The fourth-order valence-electron chi connectivity index (χ4n) is 2.56. The van der Waals surface area contributed by atoms with E-state index in [0.717, 1.165) is 16.7 Å². The molecular weight excluding hydrogens is 358 g/mol. The molecule has 0 aliphatic carbocycles. The summed E-state index contributed by atoms with van der Waals surface area (Å²) in [5, 5.41) is 9.51. The number of thioether (sulfide) groups is 1. The van der Waals surface area contributed by atoms with Crippen LogP contribution in [0.25, 0.3) is 0 Å². The predicted octanol–water partition coefficient (Wildman–Crippen LogP) is 4.65. The van der Waals surface area contributed by atoms with Crippen LogP contribution in [0.15, 0.2) is 66.3 Å². The summed E-state index contributed by atoms with van der Waals surface area (Å²) in [5.41, 5.74) is 2.51. The van der Waals surface area contributed by atoms with Crippen molar-refractivity contribution in [3.8, 4) is 11.5 Å². The number of hydrogen-bond acceptors (Lipinski definition) is 5. The Morgan fingerprint density at radius 1 is 1.07 bits per heavy atom. The lowest BCUT2D eigenvalue weighted by Crippen LogP contribution is -2.08. The van der Waals surface area contributed by atoms with E-state index >= 15 is 0 Å². The third-order valence-electron chi connectivity index (χ3n) is 4.02. The summed E-state index contributed by atoms with van der Waals surface area (Å²) >= 11 is 1.66. The van der Waals surface area contributed by atoms with Gasteiger partial charge in [-0.3, -0.25) is 4.57 Å². The molecule has 0 aliphatic rings. The molecule has 140 valence electrons. The van der Waals surface area contributed by atoms with Crippen LogP contribution in [0.2, 0.25) is 0 Å². The molecule has 0 amide bonds. The van der Waals surface area contributed by atoms with Crippen molar-refractivity contribution in [3.05, 3.63) is 78.1 Å². The number of benzene rings is 2. The van der Waals surface area contributed by atoms with Gasteiger partial charge in [-0.05, 0) is 24.6 Å². The summed E-state index contributed by atoms with van der Waals surface area (Å²) in [5.74, 6) is 2.97. The Hall–Kier alpha value is -2.73. The molecule has 0 aliphatic heterocycles. The Kier molecular flexibility index (Phi) is 6.54. The SMILES string of the molecule is C=CCn1c(COc2ccccc2OC)nnc1SCc1ccc(C)cc1. The van der Waals surface area contributed by atoms with E-state index in [1.54, 1.807) is 18.9 Å². The highest BCUT2D eigenvalue weighted by atomic mass is 32.2. The average Bonchev–Trinajstić information content (AvgIpc) is 3.08. The van der Waals surface area contributed by atoms with E-state index in [9.17, 15) is 0 Å². The van der Waals surface area contributed by atoms with E-state index in [0.29, 0.717) is 24.7 Å². The molecule has 2 aromatic carbocycles. The maximum absolute atomic E-state index is 5.90. The lowest BCUT2D eigenvalue weighted by Gasteiger charge is -2.11. The van der Waals surface area contributed by atoms with E-state index in [2.05, 4.69) is 48.0 Å². The fraction of sp³-hybridized carbons (Fsp3) is 0.238. The number of para-hydroxylation sites is 2. The van der Waals surface area contributed by atoms with Crippen LogP contribution < -0.4 is 9.47 Å².